The van der Waals surface area contributed by atoms with Crippen molar-refractivity contribution in [3.63, 3.8) is 0 Å². The van der Waals surface area contributed by atoms with Crippen molar-refractivity contribution >= 4 is 0 Å². The third kappa shape index (κ3) is 5.27. The van der Waals surface area contributed by atoms with Gasteiger partial charge in [-0.2, -0.15) is 0 Å². The molecule has 0 radical (unpaired) electrons. The largest absolute Gasteiger partial charge is 0.393 e. The molecule has 0 heterocycles. The summed E-state index contributed by atoms with van der Waals surface area (Å²) >= 11 is 0. The quantitative estimate of drug-likeness (QED) is 0.781. The fourth-order valence-electron chi connectivity index (χ4n) is 3.24. The summed E-state index contributed by atoms with van der Waals surface area (Å²) in [5, 5.41) is 9.39. The molecule has 0 aromatic rings. The molecule has 0 aliphatic heterocycles. The van der Waals surface area contributed by atoms with Crippen molar-refractivity contribution < 1.29 is 9.84 Å². The smallest absolute Gasteiger partial charge is 0.0608 e. The van der Waals surface area contributed by atoms with Gasteiger partial charge in [-0.3, -0.25) is 0 Å². The summed E-state index contributed by atoms with van der Waals surface area (Å²) in [5.41, 5.74) is 0. The monoisotopic (exact) mass is 256 g/mol. The molecule has 1 saturated carbocycles. The number of hydrogen-bond acceptors (Lipinski definition) is 2. The predicted molar refractivity (Wildman–Crippen MR) is 76.5 cm³/mol. The zero-order valence-corrected chi connectivity index (χ0v) is 12.9. The van der Waals surface area contributed by atoms with Gasteiger partial charge >= 0.3 is 0 Å². The molecule has 18 heavy (non-hydrogen) atoms. The standard InChI is InChI=1S/C16H32O2/c1-11(2)15-7-6-12(3)9-16(15)18-10-13(4)8-14(5)17/h11-17H,6-10H2,1-5H3. The van der Waals surface area contributed by atoms with Crippen molar-refractivity contribution in [2.24, 2.45) is 23.7 Å². The van der Waals surface area contributed by atoms with Gasteiger partial charge in [0.1, 0.15) is 0 Å². The summed E-state index contributed by atoms with van der Waals surface area (Å²) < 4.78 is 6.18. The van der Waals surface area contributed by atoms with Crippen LogP contribution in [0.1, 0.15) is 60.3 Å². The average molecular weight is 256 g/mol. The van der Waals surface area contributed by atoms with E-state index in [1.807, 2.05) is 6.92 Å². The lowest BCUT2D eigenvalue weighted by molar-refractivity contribution is -0.0534. The van der Waals surface area contributed by atoms with Gasteiger partial charge in [-0.25, -0.2) is 0 Å². The fraction of sp³-hybridized carbons (Fsp3) is 1.00. The number of rotatable bonds is 6. The SMILES string of the molecule is CC(O)CC(C)COC1CC(C)CCC1C(C)C. The summed E-state index contributed by atoms with van der Waals surface area (Å²) in [4.78, 5) is 0. The maximum atomic E-state index is 9.39. The second-order valence-corrected chi connectivity index (χ2v) is 6.89. The Kier molecular flexibility index (Phi) is 6.65. The van der Waals surface area contributed by atoms with Crippen LogP contribution in [0.15, 0.2) is 0 Å². The van der Waals surface area contributed by atoms with Crippen molar-refractivity contribution in [2.45, 2.75) is 72.5 Å². The molecule has 0 spiro atoms. The Bertz CT molecular complexity index is 225. The van der Waals surface area contributed by atoms with E-state index in [9.17, 15) is 5.11 Å². The molecule has 1 fully saturated rings. The van der Waals surface area contributed by atoms with Crippen LogP contribution >= 0.6 is 0 Å². The molecule has 5 unspecified atom stereocenters. The Hall–Kier alpha value is -0.0800. The van der Waals surface area contributed by atoms with Crippen LogP contribution in [0.2, 0.25) is 0 Å². The van der Waals surface area contributed by atoms with Crippen LogP contribution in [0.25, 0.3) is 0 Å². The van der Waals surface area contributed by atoms with E-state index in [1.165, 1.54) is 19.3 Å². The van der Waals surface area contributed by atoms with Crippen LogP contribution in [0.5, 0.6) is 0 Å². The molecule has 1 aliphatic rings. The van der Waals surface area contributed by atoms with E-state index in [4.69, 9.17) is 4.74 Å². The van der Waals surface area contributed by atoms with Gasteiger partial charge in [0.15, 0.2) is 0 Å². The first-order valence-electron chi connectivity index (χ1n) is 7.69. The lowest BCUT2D eigenvalue weighted by Crippen LogP contribution is -2.35. The molecule has 0 aromatic heterocycles. The Morgan fingerprint density at radius 2 is 1.83 bits per heavy atom. The number of hydrogen-bond donors (Lipinski definition) is 1. The first kappa shape index (κ1) is 16.0. The third-order valence-electron chi connectivity index (χ3n) is 4.30. The molecule has 1 N–H and O–H groups in total. The summed E-state index contributed by atoms with van der Waals surface area (Å²) in [6, 6.07) is 0. The van der Waals surface area contributed by atoms with Crippen LogP contribution in [0.4, 0.5) is 0 Å². The van der Waals surface area contributed by atoms with Gasteiger partial charge in [-0.05, 0) is 49.9 Å². The van der Waals surface area contributed by atoms with E-state index in [2.05, 4.69) is 27.7 Å². The van der Waals surface area contributed by atoms with E-state index in [0.717, 1.165) is 30.8 Å². The van der Waals surface area contributed by atoms with E-state index in [-0.39, 0.29) is 6.10 Å². The highest BCUT2D eigenvalue weighted by Gasteiger charge is 2.31. The third-order valence-corrected chi connectivity index (χ3v) is 4.30. The van der Waals surface area contributed by atoms with Crippen LogP contribution in [-0.4, -0.2) is 23.9 Å². The molecule has 1 rings (SSSR count). The Morgan fingerprint density at radius 1 is 1.17 bits per heavy atom. The topological polar surface area (TPSA) is 29.5 Å². The molecule has 0 bridgehead atoms. The Labute approximate surface area is 113 Å². The molecule has 1 aliphatic carbocycles. The minimum atomic E-state index is -0.213. The lowest BCUT2D eigenvalue weighted by Gasteiger charge is -2.37. The highest BCUT2D eigenvalue weighted by Crippen LogP contribution is 2.35. The predicted octanol–water partition coefficient (Wildman–Crippen LogP) is 3.87. The summed E-state index contributed by atoms with van der Waals surface area (Å²) in [5.74, 6) is 2.70. The van der Waals surface area contributed by atoms with Crippen LogP contribution < -0.4 is 0 Å². The molecule has 108 valence electrons. The number of aliphatic hydroxyl groups is 1. The minimum Gasteiger partial charge on any atom is -0.393 e. The van der Waals surface area contributed by atoms with Gasteiger partial charge < -0.3 is 9.84 Å². The van der Waals surface area contributed by atoms with Gasteiger partial charge in [0.05, 0.1) is 12.2 Å². The van der Waals surface area contributed by atoms with Crippen molar-refractivity contribution in [3.05, 3.63) is 0 Å². The van der Waals surface area contributed by atoms with Gasteiger partial charge in [0, 0.05) is 6.61 Å². The number of aliphatic hydroxyl groups excluding tert-OH is 1. The summed E-state index contributed by atoms with van der Waals surface area (Å²) in [6.07, 6.45) is 4.94. The number of ether oxygens (including phenoxy) is 1. The summed E-state index contributed by atoms with van der Waals surface area (Å²) in [6.45, 7) is 11.8. The van der Waals surface area contributed by atoms with Gasteiger partial charge in [0.2, 0.25) is 0 Å². The molecular weight excluding hydrogens is 224 g/mol. The maximum Gasteiger partial charge on any atom is 0.0608 e. The molecule has 2 nitrogen and oxygen atoms in total. The van der Waals surface area contributed by atoms with Crippen LogP contribution in [0, 0.1) is 23.7 Å². The zero-order valence-electron chi connectivity index (χ0n) is 12.9. The van der Waals surface area contributed by atoms with E-state index >= 15 is 0 Å². The zero-order chi connectivity index (χ0) is 13.7. The fourth-order valence-corrected chi connectivity index (χ4v) is 3.24. The molecule has 0 saturated heterocycles. The summed E-state index contributed by atoms with van der Waals surface area (Å²) in [7, 11) is 0. The van der Waals surface area contributed by atoms with Gasteiger partial charge in [-0.15, -0.1) is 0 Å². The highest BCUT2D eigenvalue weighted by molar-refractivity contribution is 4.81. The van der Waals surface area contributed by atoms with Crippen molar-refractivity contribution in [3.8, 4) is 0 Å². The molecule has 2 heteroatoms. The second-order valence-electron chi connectivity index (χ2n) is 6.89. The van der Waals surface area contributed by atoms with Crippen molar-refractivity contribution in [1.29, 1.82) is 0 Å². The van der Waals surface area contributed by atoms with E-state index in [1.54, 1.807) is 0 Å². The van der Waals surface area contributed by atoms with E-state index in [0.29, 0.717) is 12.0 Å². The maximum absolute atomic E-state index is 9.39. The van der Waals surface area contributed by atoms with Gasteiger partial charge in [-0.1, -0.05) is 34.1 Å². The molecular formula is C16H32O2. The highest BCUT2D eigenvalue weighted by atomic mass is 16.5. The average Bonchev–Trinajstić information content (AvgIpc) is 2.25. The van der Waals surface area contributed by atoms with E-state index < -0.39 is 0 Å². The normalized spacial score (nSPS) is 32.5. The molecule has 0 aromatic carbocycles. The van der Waals surface area contributed by atoms with Crippen molar-refractivity contribution in [1.82, 2.24) is 0 Å². The first-order valence-corrected chi connectivity index (χ1v) is 7.69. The first-order chi connectivity index (χ1) is 8.40. The Morgan fingerprint density at radius 3 is 2.39 bits per heavy atom. The molecule has 5 atom stereocenters. The van der Waals surface area contributed by atoms with Crippen molar-refractivity contribution in [2.75, 3.05) is 6.61 Å². The Balaban J connectivity index is 2.41. The lowest BCUT2D eigenvalue weighted by atomic mass is 9.75. The second kappa shape index (κ2) is 7.49. The minimum absolute atomic E-state index is 0.213. The van der Waals surface area contributed by atoms with Crippen LogP contribution in [0.3, 0.4) is 0 Å². The van der Waals surface area contributed by atoms with Gasteiger partial charge in [0.25, 0.3) is 0 Å². The van der Waals surface area contributed by atoms with Crippen LogP contribution in [-0.2, 0) is 4.74 Å². The molecule has 0 amide bonds.